The molecular formula is C13H19N5. The molecule has 1 aromatic rings. The quantitative estimate of drug-likeness (QED) is 0.875. The van der Waals surface area contributed by atoms with E-state index in [2.05, 4.69) is 33.3 Å². The lowest BCUT2D eigenvalue weighted by Gasteiger charge is -2.32. The Hall–Kier alpha value is -1.67. The number of nitrogens with one attached hydrogen (secondary N) is 1. The van der Waals surface area contributed by atoms with Gasteiger partial charge in [0.05, 0.1) is 0 Å². The van der Waals surface area contributed by atoms with Crippen LogP contribution in [0.4, 0.5) is 5.95 Å². The first-order valence-corrected chi connectivity index (χ1v) is 6.39. The van der Waals surface area contributed by atoms with Crippen molar-refractivity contribution in [3.8, 4) is 6.07 Å². The maximum Gasteiger partial charge on any atom is 0.224 e. The summed E-state index contributed by atoms with van der Waals surface area (Å²) in [6.07, 6.45) is 3.78. The molecule has 1 atom stereocenters. The average Bonchev–Trinajstić information content (AvgIpc) is 2.37. The van der Waals surface area contributed by atoms with Crippen LogP contribution in [0.15, 0.2) is 6.07 Å². The highest BCUT2D eigenvalue weighted by molar-refractivity contribution is 5.33. The second kappa shape index (κ2) is 5.78. The number of aryl methyl sites for hydroxylation is 1. The molecule has 0 saturated carbocycles. The van der Waals surface area contributed by atoms with Crippen LogP contribution < -0.4 is 5.32 Å². The van der Waals surface area contributed by atoms with Gasteiger partial charge in [-0.3, -0.25) is 0 Å². The summed E-state index contributed by atoms with van der Waals surface area (Å²) in [5.74, 6) is 0.561. The van der Waals surface area contributed by atoms with Crippen molar-refractivity contribution in [3.63, 3.8) is 0 Å². The molecule has 0 bridgehead atoms. The van der Waals surface area contributed by atoms with Gasteiger partial charge in [-0.05, 0) is 39.4 Å². The van der Waals surface area contributed by atoms with Crippen LogP contribution in [-0.2, 0) is 0 Å². The molecule has 5 heteroatoms. The second-order valence-corrected chi connectivity index (χ2v) is 4.84. The van der Waals surface area contributed by atoms with Crippen molar-refractivity contribution >= 4 is 5.95 Å². The molecule has 1 aromatic heterocycles. The Kier molecular flexibility index (Phi) is 4.11. The van der Waals surface area contributed by atoms with E-state index in [9.17, 15) is 0 Å². The van der Waals surface area contributed by atoms with Gasteiger partial charge in [-0.1, -0.05) is 6.42 Å². The monoisotopic (exact) mass is 245 g/mol. The zero-order valence-corrected chi connectivity index (χ0v) is 11.0. The summed E-state index contributed by atoms with van der Waals surface area (Å²) in [4.78, 5) is 10.8. The van der Waals surface area contributed by atoms with Crippen LogP contribution in [0.1, 0.15) is 30.7 Å². The second-order valence-electron chi connectivity index (χ2n) is 4.84. The number of hydrogen-bond donors (Lipinski definition) is 1. The van der Waals surface area contributed by atoms with Crippen LogP contribution in [0.25, 0.3) is 0 Å². The van der Waals surface area contributed by atoms with Crippen LogP contribution in [0.3, 0.4) is 0 Å². The SMILES string of the molecule is Cc1cc(C#N)nc(NCC2CCCCN2C)n1. The highest BCUT2D eigenvalue weighted by Crippen LogP contribution is 2.15. The van der Waals surface area contributed by atoms with Crippen LogP contribution in [0.5, 0.6) is 0 Å². The van der Waals surface area contributed by atoms with Crippen molar-refractivity contribution in [1.82, 2.24) is 14.9 Å². The summed E-state index contributed by atoms with van der Waals surface area (Å²) in [7, 11) is 2.16. The van der Waals surface area contributed by atoms with E-state index in [1.807, 2.05) is 6.92 Å². The molecule has 1 N–H and O–H groups in total. The van der Waals surface area contributed by atoms with Crippen molar-refractivity contribution in [2.45, 2.75) is 32.2 Å². The van der Waals surface area contributed by atoms with Crippen molar-refractivity contribution < 1.29 is 0 Å². The summed E-state index contributed by atoms with van der Waals surface area (Å²) in [6.45, 7) is 3.87. The molecule has 96 valence electrons. The van der Waals surface area contributed by atoms with Gasteiger partial charge in [0.15, 0.2) is 0 Å². The van der Waals surface area contributed by atoms with Crippen LogP contribution in [0.2, 0.25) is 0 Å². The highest BCUT2D eigenvalue weighted by atomic mass is 15.2. The Morgan fingerprint density at radius 2 is 2.33 bits per heavy atom. The number of piperidine rings is 1. The van der Waals surface area contributed by atoms with E-state index in [4.69, 9.17) is 5.26 Å². The number of nitriles is 1. The standard InChI is InChI=1S/C13H19N5/c1-10-7-11(8-14)17-13(16-10)15-9-12-5-3-4-6-18(12)2/h7,12H,3-6,9H2,1-2H3,(H,15,16,17). The summed E-state index contributed by atoms with van der Waals surface area (Å²) >= 11 is 0. The summed E-state index contributed by atoms with van der Waals surface area (Å²) in [5, 5.41) is 12.1. The van der Waals surface area contributed by atoms with E-state index in [1.165, 1.54) is 19.3 Å². The summed E-state index contributed by atoms with van der Waals surface area (Å²) in [6, 6.07) is 4.28. The van der Waals surface area contributed by atoms with Gasteiger partial charge < -0.3 is 10.2 Å². The Morgan fingerprint density at radius 3 is 3.06 bits per heavy atom. The van der Waals surface area contributed by atoms with Gasteiger partial charge in [-0.15, -0.1) is 0 Å². The first-order chi connectivity index (χ1) is 8.69. The molecule has 1 aliphatic rings. The highest BCUT2D eigenvalue weighted by Gasteiger charge is 2.18. The topological polar surface area (TPSA) is 64.8 Å². The normalized spacial score (nSPS) is 20.4. The molecule has 0 spiro atoms. The molecule has 1 fully saturated rings. The smallest absolute Gasteiger partial charge is 0.224 e. The molecule has 0 aromatic carbocycles. The van der Waals surface area contributed by atoms with Gasteiger partial charge in [0, 0.05) is 18.3 Å². The van der Waals surface area contributed by atoms with Gasteiger partial charge in [-0.2, -0.15) is 5.26 Å². The van der Waals surface area contributed by atoms with Crippen molar-refractivity contribution in [1.29, 1.82) is 5.26 Å². The number of anilines is 1. The first kappa shape index (κ1) is 12.8. The van der Waals surface area contributed by atoms with Gasteiger partial charge in [0.1, 0.15) is 11.8 Å². The van der Waals surface area contributed by atoms with Gasteiger partial charge >= 0.3 is 0 Å². The fourth-order valence-electron chi connectivity index (χ4n) is 2.32. The van der Waals surface area contributed by atoms with Gasteiger partial charge in [0.25, 0.3) is 0 Å². The zero-order chi connectivity index (χ0) is 13.0. The maximum absolute atomic E-state index is 8.87. The molecule has 5 nitrogen and oxygen atoms in total. The van der Waals surface area contributed by atoms with E-state index >= 15 is 0 Å². The molecule has 1 saturated heterocycles. The number of likely N-dealkylation sites (N-methyl/N-ethyl adjacent to an activating group) is 1. The van der Waals surface area contributed by atoms with Crippen LogP contribution in [-0.4, -0.2) is 41.0 Å². The number of rotatable bonds is 3. The van der Waals surface area contributed by atoms with E-state index < -0.39 is 0 Å². The van der Waals surface area contributed by atoms with Crippen molar-refractivity contribution in [3.05, 3.63) is 17.5 Å². The minimum atomic E-state index is 0.419. The predicted molar refractivity (Wildman–Crippen MR) is 70.2 cm³/mol. The Balaban J connectivity index is 1.97. The van der Waals surface area contributed by atoms with E-state index in [0.717, 1.165) is 18.8 Å². The average molecular weight is 245 g/mol. The molecule has 0 aliphatic carbocycles. The van der Waals surface area contributed by atoms with Crippen molar-refractivity contribution in [2.75, 3.05) is 25.5 Å². The molecule has 18 heavy (non-hydrogen) atoms. The molecule has 2 rings (SSSR count). The third kappa shape index (κ3) is 3.17. The minimum absolute atomic E-state index is 0.419. The molecule has 1 aliphatic heterocycles. The van der Waals surface area contributed by atoms with E-state index in [0.29, 0.717) is 17.7 Å². The van der Waals surface area contributed by atoms with Gasteiger partial charge in [0.2, 0.25) is 5.95 Å². The summed E-state index contributed by atoms with van der Waals surface area (Å²) < 4.78 is 0. The van der Waals surface area contributed by atoms with E-state index in [1.54, 1.807) is 6.07 Å². The fourth-order valence-corrected chi connectivity index (χ4v) is 2.32. The third-order valence-corrected chi connectivity index (χ3v) is 3.39. The zero-order valence-electron chi connectivity index (χ0n) is 11.0. The summed E-state index contributed by atoms with van der Waals surface area (Å²) in [5.41, 5.74) is 1.24. The van der Waals surface area contributed by atoms with Crippen LogP contribution in [0, 0.1) is 18.3 Å². The number of nitrogens with zero attached hydrogens (tertiary/aromatic N) is 4. The number of likely N-dealkylation sites (tertiary alicyclic amines) is 1. The largest absolute Gasteiger partial charge is 0.353 e. The first-order valence-electron chi connectivity index (χ1n) is 6.39. The lowest BCUT2D eigenvalue weighted by Crippen LogP contribution is -2.41. The Morgan fingerprint density at radius 1 is 1.50 bits per heavy atom. The van der Waals surface area contributed by atoms with Crippen LogP contribution >= 0.6 is 0 Å². The van der Waals surface area contributed by atoms with Crippen molar-refractivity contribution in [2.24, 2.45) is 0 Å². The molecule has 1 unspecified atom stereocenters. The molecule has 0 radical (unpaired) electrons. The number of hydrogen-bond acceptors (Lipinski definition) is 5. The van der Waals surface area contributed by atoms with E-state index in [-0.39, 0.29) is 0 Å². The fraction of sp³-hybridized carbons (Fsp3) is 0.615. The Labute approximate surface area is 108 Å². The number of aromatic nitrogens is 2. The predicted octanol–water partition coefficient (Wildman–Crippen LogP) is 1.55. The van der Waals surface area contributed by atoms with Gasteiger partial charge in [-0.25, -0.2) is 9.97 Å². The minimum Gasteiger partial charge on any atom is -0.353 e. The molecule has 2 heterocycles. The maximum atomic E-state index is 8.87. The third-order valence-electron chi connectivity index (χ3n) is 3.39. The lowest BCUT2D eigenvalue weighted by atomic mass is 10.0. The molecule has 0 amide bonds. The lowest BCUT2D eigenvalue weighted by molar-refractivity contribution is 0.194. The Bertz CT molecular complexity index is 451. The molecular weight excluding hydrogens is 226 g/mol.